The normalized spacial score (nSPS) is 11.0. The summed E-state index contributed by atoms with van der Waals surface area (Å²) in [5.74, 6) is 0.772. The largest absolute Gasteiger partial charge is 0.495 e. The maximum Gasteiger partial charge on any atom is 0.250 e. The van der Waals surface area contributed by atoms with Crippen LogP contribution in [0.15, 0.2) is 41.0 Å². The monoisotopic (exact) mass is 393 g/mol. The van der Waals surface area contributed by atoms with Crippen LogP contribution in [0.4, 0.5) is 5.13 Å². The van der Waals surface area contributed by atoms with Crippen LogP contribution in [-0.2, 0) is 4.79 Å². The number of amides is 1. The number of rotatable bonds is 4. The molecule has 0 spiro atoms. The topological polar surface area (TPSA) is 76.4 Å². The first kappa shape index (κ1) is 17.4. The molecule has 9 heteroatoms. The van der Waals surface area contributed by atoms with Crippen LogP contribution in [0, 0.1) is 0 Å². The number of carbonyl (C=O) groups is 1. The molecule has 1 aromatic carbocycles. The summed E-state index contributed by atoms with van der Waals surface area (Å²) in [5.41, 5.74) is 0.713. The summed E-state index contributed by atoms with van der Waals surface area (Å²) in [4.78, 5) is 16.2. The first-order valence-electron chi connectivity index (χ1n) is 7.03. The van der Waals surface area contributed by atoms with Crippen molar-refractivity contribution >= 4 is 67.6 Å². The highest BCUT2D eigenvalue weighted by Crippen LogP contribution is 2.34. The molecule has 0 saturated carbocycles. The van der Waals surface area contributed by atoms with Crippen molar-refractivity contribution in [3.05, 3.63) is 47.4 Å². The van der Waals surface area contributed by atoms with Gasteiger partial charge in [0.1, 0.15) is 11.5 Å². The van der Waals surface area contributed by atoms with E-state index in [0.717, 1.165) is 4.70 Å². The van der Waals surface area contributed by atoms with Gasteiger partial charge in [0, 0.05) is 12.1 Å². The van der Waals surface area contributed by atoms with Crippen LogP contribution in [0.1, 0.15) is 5.76 Å². The Bertz CT molecular complexity index is 951. The van der Waals surface area contributed by atoms with Crippen molar-refractivity contribution in [2.24, 2.45) is 0 Å². The third-order valence-corrected chi connectivity index (χ3v) is 4.49. The Kier molecular flexibility index (Phi) is 5.32. The van der Waals surface area contributed by atoms with E-state index in [9.17, 15) is 4.79 Å². The second-order valence-corrected chi connectivity index (χ2v) is 6.61. The summed E-state index contributed by atoms with van der Waals surface area (Å²) >= 11 is 12.6. The van der Waals surface area contributed by atoms with Gasteiger partial charge < -0.3 is 14.5 Å². The average Bonchev–Trinajstić information content (AvgIpc) is 3.20. The molecule has 25 heavy (non-hydrogen) atoms. The van der Waals surface area contributed by atoms with E-state index in [1.54, 1.807) is 37.5 Å². The third-order valence-electron chi connectivity index (χ3n) is 3.06. The van der Waals surface area contributed by atoms with Gasteiger partial charge in [-0.2, -0.15) is 0 Å². The average molecular weight is 394 g/mol. The van der Waals surface area contributed by atoms with E-state index in [1.165, 1.54) is 23.7 Å². The van der Waals surface area contributed by atoms with E-state index in [0.29, 0.717) is 27.2 Å². The number of hydrogen-bond donors (Lipinski definition) is 2. The zero-order valence-electron chi connectivity index (χ0n) is 12.9. The predicted molar refractivity (Wildman–Crippen MR) is 103 cm³/mol. The number of thiazole rings is 1. The minimum Gasteiger partial charge on any atom is -0.495 e. The van der Waals surface area contributed by atoms with Gasteiger partial charge in [-0.1, -0.05) is 22.9 Å². The number of anilines is 1. The fraction of sp³-hybridized carbons (Fsp3) is 0.0625. The van der Waals surface area contributed by atoms with Gasteiger partial charge >= 0.3 is 0 Å². The van der Waals surface area contributed by atoms with Gasteiger partial charge in [0.2, 0.25) is 5.91 Å². The van der Waals surface area contributed by atoms with Crippen LogP contribution in [0.3, 0.4) is 0 Å². The van der Waals surface area contributed by atoms with E-state index in [4.69, 9.17) is 33.0 Å². The zero-order valence-corrected chi connectivity index (χ0v) is 15.3. The van der Waals surface area contributed by atoms with Crippen molar-refractivity contribution in [2.75, 3.05) is 12.4 Å². The van der Waals surface area contributed by atoms with E-state index in [1.807, 2.05) is 0 Å². The van der Waals surface area contributed by atoms with Gasteiger partial charge in [-0.15, -0.1) is 0 Å². The maximum atomic E-state index is 11.8. The molecule has 0 atom stereocenters. The number of nitrogens with one attached hydrogen (secondary N) is 2. The molecule has 3 aromatic rings. The second kappa shape index (κ2) is 7.64. The molecule has 2 heterocycles. The smallest absolute Gasteiger partial charge is 0.250 e. The van der Waals surface area contributed by atoms with Crippen LogP contribution in [0.25, 0.3) is 16.3 Å². The van der Waals surface area contributed by atoms with Gasteiger partial charge in [-0.05, 0) is 36.5 Å². The number of methoxy groups -OCH3 is 1. The number of halogens is 1. The first-order chi connectivity index (χ1) is 12.0. The summed E-state index contributed by atoms with van der Waals surface area (Å²) in [5, 5.41) is 6.58. The van der Waals surface area contributed by atoms with Crippen LogP contribution >= 0.6 is 35.2 Å². The van der Waals surface area contributed by atoms with Gasteiger partial charge in [-0.25, -0.2) is 4.98 Å². The molecule has 3 rings (SSSR count). The van der Waals surface area contributed by atoms with E-state index in [-0.39, 0.29) is 11.0 Å². The van der Waals surface area contributed by atoms with E-state index < -0.39 is 0 Å². The Morgan fingerprint density at radius 2 is 2.32 bits per heavy atom. The molecule has 6 nitrogen and oxygen atoms in total. The maximum absolute atomic E-state index is 11.8. The molecule has 0 bridgehead atoms. The fourth-order valence-electron chi connectivity index (χ4n) is 1.97. The number of ether oxygens (including phenoxy) is 1. The third kappa shape index (κ3) is 4.36. The zero-order chi connectivity index (χ0) is 17.8. The lowest BCUT2D eigenvalue weighted by Crippen LogP contribution is -2.32. The minimum atomic E-state index is -0.375. The van der Waals surface area contributed by atoms with Crippen molar-refractivity contribution in [3.63, 3.8) is 0 Å². The Hall–Kier alpha value is -2.42. The molecule has 0 aliphatic carbocycles. The highest BCUT2D eigenvalue weighted by atomic mass is 35.5. The van der Waals surface area contributed by atoms with Gasteiger partial charge in [0.25, 0.3) is 0 Å². The molecule has 128 valence electrons. The van der Waals surface area contributed by atoms with Crippen molar-refractivity contribution in [2.45, 2.75) is 0 Å². The van der Waals surface area contributed by atoms with Gasteiger partial charge in [0.15, 0.2) is 10.2 Å². The summed E-state index contributed by atoms with van der Waals surface area (Å²) in [6.07, 6.45) is 4.40. The number of furan rings is 1. The Morgan fingerprint density at radius 1 is 1.48 bits per heavy atom. The van der Waals surface area contributed by atoms with Crippen molar-refractivity contribution in [1.29, 1.82) is 0 Å². The summed E-state index contributed by atoms with van der Waals surface area (Å²) < 4.78 is 11.2. The van der Waals surface area contributed by atoms with Gasteiger partial charge in [-0.3, -0.25) is 10.1 Å². The molecule has 2 aromatic heterocycles. The van der Waals surface area contributed by atoms with Crippen molar-refractivity contribution < 1.29 is 13.9 Å². The molecule has 2 N–H and O–H groups in total. The molecule has 0 unspecified atom stereocenters. The number of hydrogen-bond acceptors (Lipinski definition) is 6. The Labute approximate surface area is 157 Å². The van der Waals surface area contributed by atoms with Crippen LogP contribution in [0.2, 0.25) is 5.02 Å². The number of nitrogens with zero attached hydrogens (tertiary/aromatic N) is 1. The van der Waals surface area contributed by atoms with Crippen molar-refractivity contribution in [1.82, 2.24) is 10.3 Å². The quantitative estimate of drug-likeness (QED) is 0.514. The predicted octanol–water partition coefficient (Wildman–Crippen LogP) is 4.08. The first-order valence-corrected chi connectivity index (χ1v) is 8.63. The molecule has 0 saturated heterocycles. The number of benzene rings is 1. The van der Waals surface area contributed by atoms with Gasteiger partial charge in [0.05, 0.1) is 28.6 Å². The van der Waals surface area contributed by atoms with Crippen LogP contribution < -0.4 is 15.4 Å². The summed E-state index contributed by atoms with van der Waals surface area (Å²) in [6.45, 7) is 0. The highest BCUT2D eigenvalue weighted by molar-refractivity contribution is 7.80. The lowest BCUT2D eigenvalue weighted by molar-refractivity contribution is -0.115. The SMILES string of the molecule is COc1cc2sc(NC(=S)NC(=O)/C=C/c3ccco3)nc2cc1Cl. The van der Waals surface area contributed by atoms with Crippen LogP contribution in [-0.4, -0.2) is 23.1 Å². The molecule has 0 radical (unpaired) electrons. The van der Waals surface area contributed by atoms with E-state index in [2.05, 4.69) is 15.6 Å². The molecule has 0 aliphatic heterocycles. The Balaban J connectivity index is 1.64. The molecular weight excluding hydrogens is 382 g/mol. The molecule has 0 aliphatic rings. The fourth-order valence-corrected chi connectivity index (χ4v) is 3.34. The minimum absolute atomic E-state index is 0.145. The summed E-state index contributed by atoms with van der Waals surface area (Å²) in [7, 11) is 1.55. The van der Waals surface area contributed by atoms with E-state index >= 15 is 0 Å². The Morgan fingerprint density at radius 3 is 3.04 bits per heavy atom. The molecular formula is C16H12ClN3O3S2. The van der Waals surface area contributed by atoms with Crippen molar-refractivity contribution in [3.8, 4) is 5.75 Å². The highest BCUT2D eigenvalue weighted by Gasteiger charge is 2.10. The number of carbonyl (C=O) groups excluding carboxylic acids is 1. The number of fused-ring (bicyclic) bond motifs is 1. The summed E-state index contributed by atoms with van der Waals surface area (Å²) in [6, 6.07) is 6.98. The number of aromatic nitrogens is 1. The second-order valence-electron chi connectivity index (χ2n) is 4.77. The lowest BCUT2D eigenvalue weighted by atomic mass is 10.3. The lowest BCUT2D eigenvalue weighted by Gasteiger charge is -2.04. The molecule has 0 fully saturated rings. The standard InChI is InChI=1S/C16H12ClN3O3S2/c1-22-12-8-13-11(7-10(12)17)18-16(25-13)20-15(24)19-14(21)5-4-9-3-2-6-23-9/h2-8H,1H3,(H2,18,19,20,21,24)/b5-4+. The number of thiocarbonyl (C=S) groups is 1. The molecule has 1 amide bonds. The van der Waals surface area contributed by atoms with Crippen LogP contribution in [0.5, 0.6) is 5.75 Å².